The molecule has 0 spiro atoms. The molecule has 3 aromatic carbocycles. The standard InChI is InChI=1S/C29H28FN7O3S/c1-17-4-9-21(15-24(17)33-20-10-11-23-22(14-20)27(38)32-16-31-23)34-28(39)26-25(18-5-7-19(30)8-6-18)35-29(36-26)41(40)13-12-37(2)3/h4-11,14-16,33H,12-13H2,1-3H3,(H,34,39)(H,35,36)(H,31,32,38). The SMILES string of the molecule is Cc1ccc(NC(=O)c2nc([S+]([O-])CCN(C)C)[nH]c2-c2ccc(F)cc2)cc1Nc1ccc2nc[nH]c(=O)c2c1. The molecule has 0 saturated carbocycles. The Morgan fingerprint density at radius 3 is 2.59 bits per heavy atom. The summed E-state index contributed by atoms with van der Waals surface area (Å²) in [7, 11) is 3.76. The van der Waals surface area contributed by atoms with Crippen LogP contribution in [0.5, 0.6) is 0 Å². The summed E-state index contributed by atoms with van der Waals surface area (Å²) in [6, 6.07) is 16.3. The second kappa shape index (κ2) is 11.9. The van der Waals surface area contributed by atoms with Crippen molar-refractivity contribution in [3.05, 3.63) is 94.4 Å². The number of fused-ring (bicyclic) bond motifs is 1. The van der Waals surface area contributed by atoms with Gasteiger partial charge in [0.25, 0.3) is 11.5 Å². The lowest BCUT2D eigenvalue weighted by molar-refractivity contribution is 0.102. The molecule has 1 amide bonds. The Morgan fingerprint density at radius 2 is 1.83 bits per heavy atom. The highest BCUT2D eigenvalue weighted by Gasteiger charge is 2.25. The van der Waals surface area contributed by atoms with Crippen molar-refractivity contribution in [3.63, 3.8) is 0 Å². The molecule has 5 aromatic rings. The number of nitrogens with zero attached hydrogens (tertiary/aromatic N) is 3. The third kappa shape index (κ3) is 6.46. The number of halogens is 1. The van der Waals surface area contributed by atoms with Crippen LogP contribution in [-0.2, 0) is 11.2 Å². The molecule has 0 radical (unpaired) electrons. The maximum Gasteiger partial charge on any atom is 0.321 e. The van der Waals surface area contributed by atoms with Crippen molar-refractivity contribution in [2.24, 2.45) is 0 Å². The van der Waals surface area contributed by atoms with Crippen molar-refractivity contribution >= 4 is 45.0 Å². The molecule has 0 aliphatic heterocycles. The van der Waals surface area contributed by atoms with Gasteiger partial charge in [0.15, 0.2) is 5.69 Å². The van der Waals surface area contributed by atoms with E-state index < -0.39 is 22.9 Å². The molecule has 1 unspecified atom stereocenters. The molecule has 210 valence electrons. The molecule has 0 bridgehead atoms. The molecule has 0 aliphatic rings. The Labute approximate surface area is 238 Å². The number of nitrogens with one attached hydrogen (secondary N) is 4. The van der Waals surface area contributed by atoms with Gasteiger partial charge >= 0.3 is 5.16 Å². The molecule has 4 N–H and O–H groups in total. The Balaban J connectivity index is 1.42. The van der Waals surface area contributed by atoms with E-state index in [0.29, 0.717) is 51.5 Å². The van der Waals surface area contributed by atoms with Crippen LogP contribution in [0.15, 0.2) is 76.9 Å². The molecule has 1 atom stereocenters. The summed E-state index contributed by atoms with van der Waals surface area (Å²) in [6.07, 6.45) is 1.36. The van der Waals surface area contributed by atoms with Gasteiger partial charge in [-0.3, -0.25) is 14.6 Å². The molecule has 0 saturated heterocycles. The van der Waals surface area contributed by atoms with Gasteiger partial charge < -0.3 is 25.1 Å². The van der Waals surface area contributed by atoms with E-state index in [4.69, 9.17) is 0 Å². The summed E-state index contributed by atoms with van der Waals surface area (Å²) in [5, 5.41) is 6.78. The predicted octanol–water partition coefficient (Wildman–Crippen LogP) is 4.43. The number of aryl methyl sites for hydroxylation is 1. The zero-order valence-electron chi connectivity index (χ0n) is 22.6. The average Bonchev–Trinajstić information content (AvgIpc) is 3.40. The zero-order chi connectivity index (χ0) is 29.1. The Kier molecular flexibility index (Phi) is 8.15. The van der Waals surface area contributed by atoms with Crippen LogP contribution in [0.4, 0.5) is 21.5 Å². The van der Waals surface area contributed by atoms with Crippen molar-refractivity contribution in [3.8, 4) is 11.3 Å². The van der Waals surface area contributed by atoms with Crippen LogP contribution < -0.4 is 16.2 Å². The van der Waals surface area contributed by atoms with E-state index in [9.17, 15) is 18.5 Å². The quantitative estimate of drug-likeness (QED) is 0.191. The Morgan fingerprint density at radius 1 is 1.07 bits per heavy atom. The molecular formula is C29H28FN7O3S. The van der Waals surface area contributed by atoms with Gasteiger partial charge in [0.2, 0.25) is 0 Å². The molecule has 10 nitrogen and oxygen atoms in total. The number of H-pyrrole nitrogens is 2. The molecule has 2 aromatic heterocycles. The fourth-order valence-corrected chi connectivity index (χ4v) is 5.27. The van der Waals surface area contributed by atoms with Gasteiger partial charge in [-0.05, 0) is 81.2 Å². The van der Waals surface area contributed by atoms with Gasteiger partial charge in [-0.1, -0.05) is 6.07 Å². The third-order valence-corrected chi connectivity index (χ3v) is 7.56. The number of imidazole rings is 1. The van der Waals surface area contributed by atoms with E-state index in [-0.39, 0.29) is 16.4 Å². The lowest BCUT2D eigenvalue weighted by Crippen LogP contribution is -2.22. The van der Waals surface area contributed by atoms with Crippen LogP contribution in [-0.4, -0.2) is 61.7 Å². The highest BCUT2D eigenvalue weighted by Crippen LogP contribution is 2.28. The number of aromatic nitrogens is 4. The number of hydrogen-bond donors (Lipinski definition) is 4. The van der Waals surface area contributed by atoms with Crippen LogP contribution in [0.2, 0.25) is 0 Å². The number of rotatable bonds is 9. The number of carbonyl (C=O) groups is 1. The molecule has 5 rings (SSSR count). The largest absolute Gasteiger partial charge is 0.609 e. The summed E-state index contributed by atoms with van der Waals surface area (Å²) in [5.74, 6) is -0.607. The van der Waals surface area contributed by atoms with Crippen molar-refractivity contribution in [2.75, 3.05) is 37.0 Å². The third-order valence-electron chi connectivity index (χ3n) is 6.38. The fourth-order valence-electron chi connectivity index (χ4n) is 4.14. The number of benzene rings is 3. The number of anilines is 3. The van der Waals surface area contributed by atoms with Crippen LogP contribution in [0.3, 0.4) is 0 Å². The Bertz CT molecular complexity index is 1770. The highest BCUT2D eigenvalue weighted by atomic mass is 32.2. The van der Waals surface area contributed by atoms with Gasteiger partial charge in [0.1, 0.15) is 11.6 Å². The summed E-state index contributed by atoms with van der Waals surface area (Å²) in [4.78, 5) is 41.7. The maximum absolute atomic E-state index is 13.6. The van der Waals surface area contributed by atoms with Crippen molar-refractivity contribution < 1.29 is 13.7 Å². The van der Waals surface area contributed by atoms with E-state index >= 15 is 0 Å². The topological polar surface area (TPSA) is 142 Å². The zero-order valence-corrected chi connectivity index (χ0v) is 23.4. The average molecular weight is 574 g/mol. The van der Waals surface area contributed by atoms with Gasteiger partial charge in [-0.15, -0.1) is 0 Å². The summed E-state index contributed by atoms with van der Waals surface area (Å²) in [5.41, 5.74) is 4.06. The van der Waals surface area contributed by atoms with Gasteiger partial charge in [-0.25, -0.2) is 9.37 Å². The first kappa shape index (κ1) is 28.0. The molecule has 0 fully saturated rings. The summed E-state index contributed by atoms with van der Waals surface area (Å²) < 4.78 is 26.5. The second-order valence-corrected chi connectivity index (χ2v) is 11.2. The molecule has 2 heterocycles. The van der Waals surface area contributed by atoms with Crippen molar-refractivity contribution in [1.29, 1.82) is 0 Å². The number of carbonyl (C=O) groups excluding carboxylic acids is 1. The van der Waals surface area contributed by atoms with E-state index in [2.05, 4.69) is 30.6 Å². The van der Waals surface area contributed by atoms with Gasteiger partial charge in [0.05, 0.1) is 22.9 Å². The lowest BCUT2D eigenvalue weighted by Gasteiger charge is -2.13. The Hall–Kier alpha value is -4.52. The van der Waals surface area contributed by atoms with E-state index in [0.717, 1.165) is 5.56 Å². The van der Waals surface area contributed by atoms with Crippen LogP contribution in [0.25, 0.3) is 22.2 Å². The van der Waals surface area contributed by atoms with E-state index in [1.165, 1.54) is 30.6 Å². The van der Waals surface area contributed by atoms with Crippen molar-refractivity contribution in [2.45, 2.75) is 12.1 Å². The smallest absolute Gasteiger partial charge is 0.321 e. The van der Waals surface area contributed by atoms with E-state index in [1.807, 2.05) is 38.1 Å². The van der Waals surface area contributed by atoms with Crippen LogP contribution in [0, 0.1) is 12.7 Å². The maximum atomic E-state index is 13.6. The first-order valence-corrected chi connectivity index (χ1v) is 14.1. The lowest BCUT2D eigenvalue weighted by atomic mass is 10.1. The number of amides is 1. The van der Waals surface area contributed by atoms with Crippen molar-refractivity contribution in [1.82, 2.24) is 24.8 Å². The summed E-state index contributed by atoms with van der Waals surface area (Å²) >= 11 is -1.48. The number of aromatic amines is 2. The normalized spacial score (nSPS) is 12.0. The molecular weight excluding hydrogens is 545 g/mol. The second-order valence-electron chi connectivity index (χ2n) is 9.70. The molecule has 41 heavy (non-hydrogen) atoms. The van der Waals surface area contributed by atoms with Gasteiger partial charge in [0, 0.05) is 40.3 Å². The first-order chi connectivity index (χ1) is 19.7. The minimum absolute atomic E-state index is 0.0427. The first-order valence-electron chi connectivity index (χ1n) is 12.7. The minimum Gasteiger partial charge on any atom is -0.609 e. The predicted molar refractivity (Wildman–Crippen MR) is 159 cm³/mol. The molecule has 0 aliphatic carbocycles. The van der Waals surface area contributed by atoms with E-state index in [1.54, 1.807) is 24.3 Å². The van der Waals surface area contributed by atoms with Gasteiger partial charge in [-0.2, -0.15) is 4.98 Å². The summed E-state index contributed by atoms with van der Waals surface area (Å²) in [6.45, 7) is 2.49. The monoisotopic (exact) mass is 573 g/mol. The fraction of sp³-hybridized carbons (Fsp3) is 0.172. The van der Waals surface area contributed by atoms with Crippen LogP contribution >= 0.6 is 0 Å². The highest BCUT2D eigenvalue weighted by molar-refractivity contribution is 7.91. The minimum atomic E-state index is -1.48. The number of hydrogen-bond acceptors (Lipinski definition) is 7. The van der Waals surface area contributed by atoms with Crippen LogP contribution in [0.1, 0.15) is 16.1 Å². The molecule has 12 heteroatoms.